The summed E-state index contributed by atoms with van der Waals surface area (Å²) < 4.78 is 39.7. The first-order valence-electron chi connectivity index (χ1n) is 5.35. The summed E-state index contributed by atoms with van der Waals surface area (Å²) in [5, 5.41) is 2.81. The second-order valence-electron chi connectivity index (χ2n) is 3.72. The van der Waals surface area contributed by atoms with Crippen molar-refractivity contribution >= 4 is 0 Å². The molecule has 1 aromatic carbocycles. The van der Waals surface area contributed by atoms with Crippen molar-refractivity contribution in [2.45, 2.75) is 25.3 Å². The van der Waals surface area contributed by atoms with E-state index in [0.717, 1.165) is 0 Å². The molecule has 4 heteroatoms. The van der Waals surface area contributed by atoms with Crippen LogP contribution in [0, 0.1) is 29.8 Å². The highest BCUT2D eigenvalue weighted by Gasteiger charge is 2.19. The number of unbranched alkanes of at least 4 members (excludes halogenated alkanes) is 1. The van der Waals surface area contributed by atoms with Crippen LogP contribution in [0.4, 0.5) is 13.2 Å². The molecule has 0 heterocycles. The van der Waals surface area contributed by atoms with E-state index in [9.17, 15) is 13.2 Å². The second-order valence-corrected chi connectivity index (χ2v) is 3.72. The van der Waals surface area contributed by atoms with Gasteiger partial charge in [0.2, 0.25) is 0 Å². The van der Waals surface area contributed by atoms with Crippen LogP contribution in [0.1, 0.15) is 30.9 Å². The minimum Gasteiger partial charge on any atom is -0.313 e. The Bertz CT molecular complexity index is 400. The molecule has 1 rings (SSSR count). The van der Waals surface area contributed by atoms with Crippen molar-refractivity contribution in [2.24, 2.45) is 0 Å². The molecule has 0 aromatic heterocycles. The van der Waals surface area contributed by atoms with Gasteiger partial charge in [-0.2, -0.15) is 0 Å². The molecule has 1 aromatic rings. The topological polar surface area (TPSA) is 12.0 Å². The van der Waals surface area contributed by atoms with E-state index in [2.05, 4.69) is 11.2 Å². The summed E-state index contributed by atoms with van der Waals surface area (Å²) in [6.07, 6.45) is 6.80. The molecule has 92 valence electrons. The van der Waals surface area contributed by atoms with Crippen molar-refractivity contribution < 1.29 is 13.2 Å². The molecule has 17 heavy (non-hydrogen) atoms. The van der Waals surface area contributed by atoms with Gasteiger partial charge in [-0.15, -0.1) is 12.3 Å². The summed E-state index contributed by atoms with van der Waals surface area (Å²) in [5.74, 6) is -0.198. The van der Waals surface area contributed by atoms with E-state index in [0.29, 0.717) is 31.4 Å². The Labute approximate surface area is 99.0 Å². The van der Waals surface area contributed by atoms with E-state index in [1.807, 2.05) is 0 Å². The van der Waals surface area contributed by atoms with E-state index in [1.54, 1.807) is 7.05 Å². The molecule has 0 spiro atoms. The van der Waals surface area contributed by atoms with Gasteiger partial charge in [0.1, 0.15) is 17.5 Å². The molecule has 0 amide bonds. The summed E-state index contributed by atoms with van der Waals surface area (Å²) in [6, 6.07) is 0.873. The molecule has 1 nitrogen and oxygen atoms in total. The van der Waals surface area contributed by atoms with Crippen molar-refractivity contribution in [3.8, 4) is 12.3 Å². The van der Waals surface area contributed by atoms with Crippen molar-refractivity contribution in [1.29, 1.82) is 0 Å². The van der Waals surface area contributed by atoms with Gasteiger partial charge in [-0.1, -0.05) is 0 Å². The number of hydrogen-bond acceptors (Lipinski definition) is 1. The van der Waals surface area contributed by atoms with Gasteiger partial charge in [-0.05, 0) is 19.9 Å². The molecule has 0 aliphatic carbocycles. The van der Waals surface area contributed by atoms with Crippen LogP contribution in [0.15, 0.2) is 12.1 Å². The smallest absolute Gasteiger partial charge is 0.133 e. The molecule has 1 unspecified atom stereocenters. The van der Waals surface area contributed by atoms with Gasteiger partial charge in [-0.25, -0.2) is 13.2 Å². The molecule has 0 saturated heterocycles. The molecular formula is C13H14F3N. The molecule has 0 saturated carbocycles. The first-order valence-corrected chi connectivity index (χ1v) is 5.35. The van der Waals surface area contributed by atoms with Gasteiger partial charge >= 0.3 is 0 Å². The molecule has 0 aliphatic heterocycles. The normalized spacial score (nSPS) is 12.2. The van der Waals surface area contributed by atoms with E-state index >= 15 is 0 Å². The molecule has 0 bridgehead atoms. The summed E-state index contributed by atoms with van der Waals surface area (Å²) >= 11 is 0. The lowest BCUT2D eigenvalue weighted by molar-refractivity contribution is 0.454. The van der Waals surface area contributed by atoms with Crippen molar-refractivity contribution in [1.82, 2.24) is 5.32 Å². The zero-order chi connectivity index (χ0) is 12.8. The lowest BCUT2D eigenvalue weighted by atomic mass is 10.00. The van der Waals surface area contributed by atoms with Crippen molar-refractivity contribution in [3.05, 3.63) is 35.1 Å². The van der Waals surface area contributed by atoms with Crippen LogP contribution < -0.4 is 5.32 Å². The maximum atomic E-state index is 13.5. The first kappa shape index (κ1) is 13.6. The fourth-order valence-electron chi connectivity index (χ4n) is 1.73. The predicted octanol–water partition coefficient (Wildman–Crippen LogP) is 3.17. The van der Waals surface area contributed by atoms with Gasteiger partial charge in [0.05, 0.1) is 0 Å². The monoisotopic (exact) mass is 241 g/mol. The van der Waals surface area contributed by atoms with E-state index in [-0.39, 0.29) is 5.56 Å². The van der Waals surface area contributed by atoms with Gasteiger partial charge in [-0.3, -0.25) is 0 Å². The summed E-state index contributed by atoms with van der Waals surface area (Å²) in [5.41, 5.74) is -0.133. The highest BCUT2D eigenvalue weighted by atomic mass is 19.1. The Morgan fingerprint density at radius 3 is 2.35 bits per heavy atom. The largest absolute Gasteiger partial charge is 0.313 e. The van der Waals surface area contributed by atoms with E-state index in [4.69, 9.17) is 6.42 Å². The maximum Gasteiger partial charge on any atom is 0.133 e. The molecule has 0 radical (unpaired) electrons. The first-order chi connectivity index (χ1) is 8.10. The number of nitrogens with one attached hydrogen (secondary N) is 1. The number of hydrogen-bond donors (Lipinski definition) is 1. The van der Waals surface area contributed by atoms with Gasteiger partial charge in [0.25, 0.3) is 0 Å². The van der Waals surface area contributed by atoms with Crippen LogP contribution in [-0.2, 0) is 0 Å². The third-order valence-corrected chi connectivity index (χ3v) is 2.55. The van der Waals surface area contributed by atoms with Crippen LogP contribution >= 0.6 is 0 Å². The minimum absolute atomic E-state index is 0.133. The van der Waals surface area contributed by atoms with Crippen molar-refractivity contribution in [3.63, 3.8) is 0 Å². The van der Waals surface area contributed by atoms with Gasteiger partial charge in [0.15, 0.2) is 0 Å². The third-order valence-electron chi connectivity index (χ3n) is 2.55. The zero-order valence-electron chi connectivity index (χ0n) is 9.56. The molecule has 1 N–H and O–H groups in total. The molecule has 0 fully saturated rings. The second kappa shape index (κ2) is 6.31. The number of rotatable bonds is 5. The van der Waals surface area contributed by atoms with E-state index < -0.39 is 23.5 Å². The lowest BCUT2D eigenvalue weighted by Crippen LogP contribution is -2.19. The molecule has 0 aliphatic rings. The third kappa shape index (κ3) is 3.50. The number of benzene rings is 1. The maximum absolute atomic E-state index is 13.5. The molecular weight excluding hydrogens is 227 g/mol. The van der Waals surface area contributed by atoms with Crippen LogP contribution in [0.25, 0.3) is 0 Å². The highest BCUT2D eigenvalue weighted by Crippen LogP contribution is 2.25. The number of terminal acetylenes is 1. The Morgan fingerprint density at radius 2 is 1.88 bits per heavy atom. The quantitative estimate of drug-likeness (QED) is 0.616. The Hall–Kier alpha value is -1.47. The van der Waals surface area contributed by atoms with Gasteiger partial charge < -0.3 is 5.32 Å². The molecule has 1 atom stereocenters. The Morgan fingerprint density at radius 1 is 1.29 bits per heavy atom. The van der Waals surface area contributed by atoms with Gasteiger partial charge in [0, 0.05) is 30.2 Å². The highest BCUT2D eigenvalue weighted by molar-refractivity contribution is 5.24. The standard InChI is InChI=1S/C13H14F3N/c1-3-4-5-6-12(17-2)13-10(15)7-9(14)8-11(13)16/h1,7-8,12,17H,4-6H2,2H3. The summed E-state index contributed by atoms with van der Waals surface area (Å²) in [6.45, 7) is 0. The lowest BCUT2D eigenvalue weighted by Gasteiger charge is -2.17. The predicted molar refractivity (Wildman–Crippen MR) is 60.8 cm³/mol. The van der Waals surface area contributed by atoms with Crippen LogP contribution in [-0.4, -0.2) is 7.05 Å². The van der Waals surface area contributed by atoms with Crippen LogP contribution in [0.5, 0.6) is 0 Å². The average molecular weight is 241 g/mol. The Balaban J connectivity index is 2.92. The van der Waals surface area contributed by atoms with Crippen LogP contribution in [0.3, 0.4) is 0 Å². The Kier molecular flexibility index (Phi) is 5.05. The number of halogens is 3. The summed E-state index contributed by atoms with van der Waals surface area (Å²) in [7, 11) is 1.60. The van der Waals surface area contributed by atoms with Crippen LogP contribution in [0.2, 0.25) is 0 Å². The van der Waals surface area contributed by atoms with E-state index in [1.165, 1.54) is 0 Å². The minimum atomic E-state index is -0.915. The summed E-state index contributed by atoms with van der Waals surface area (Å²) in [4.78, 5) is 0. The average Bonchev–Trinajstić information content (AvgIpc) is 2.25. The van der Waals surface area contributed by atoms with Crippen molar-refractivity contribution in [2.75, 3.05) is 7.05 Å². The fraction of sp³-hybridized carbons (Fsp3) is 0.385. The zero-order valence-corrected chi connectivity index (χ0v) is 9.56. The SMILES string of the molecule is C#CCCCC(NC)c1c(F)cc(F)cc1F. The fourth-order valence-corrected chi connectivity index (χ4v) is 1.73.